The van der Waals surface area contributed by atoms with Gasteiger partial charge in [-0.15, -0.1) is 0 Å². The number of sulfone groups is 1. The van der Waals surface area contributed by atoms with Crippen LogP contribution >= 0.6 is 7.60 Å². The minimum absolute atomic E-state index is 0.0516. The number of nitrogens with two attached hydrogens (primary N) is 1. The van der Waals surface area contributed by atoms with Crippen LogP contribution < -0.4 is 11.1 Å². The van der Waals surface area contributed by atoms with E-state index in [1.807, 2.05) is 43.3 Å². The second-order valence-electron chi connectivity index (χ2n) is 10.2. The Hall–Kier alpha value is -4.67. The predicted molar refractivity (Wildman–Crippen MR) is 173 cm³/mol. The first-order valence-corrected chi connectivity index (χ1v) is 17.3. The summed E-state index contributed by atoms with van der Waals surface area (Å²) >= 11 is 0. The van der Waals surface area contributed by atoms with Gasteiger partial charge in [0.15, 0.2) is 26.8 Å². The molecule has 0 spiro atoms. The van der Waals surface area contributed by atoms with Crippen LogP contribution in [-0.2, 0) is 36.7 Å². The minimum Gasteiger partial charge on any atom is -0.382 e. The molecule has 5 aromatic rings. The maximum Gasteiger partial charge on any atom is 0.346 e. The third-order valence-corrected chi connectivity index (χ3v) is 11.4. The summed E-state index contributed by atoms with van der Waals surface area (Å²) in [5.41, 5.74) is 9.06. The molecular weight excluding hydrogens is 611 g/mol. The molecule has 0 aliphatic heterocycles. The molecule has 230 valence electrons. The van der Waals surface area contributed by atoms with Gasteiger partial charge in [-0.3, -0.25) is 9.36 Å². The molecule has 0 fully saturated rings. The van der Waals surface area contributed by atoms with E-state index in [2.05, 4.69) is 15.3 Å². The highest BCUT2D eigenvalue weighted by Gasteiger charge is 2.34. The van der Waals surface area contributed by atoms with Crippen molar-refractivity contribution in [3.05, 3.63) is 138 Å². The van der Waals surface area contributed by atoms with E-state index in [4.69, 9.17) is 14.8 Å². The Bertz CT molecular complexity index is 1880. The monoisotopic (exact) mass is 642 g/mol. The van der Waals surface area contributed by atoms with Gasteiger partial charge >= 0.3 is 7.60 Å². The lowest BCUT2D eigenvalue weighted by Crippen LogP contribution is -2.17. The molecule has 0 radical (unpaired) electrons. The van der Waals surface area contributed by atoms with Crippen molar-refractivity contribution < 1.29 is 26.8 Å². The van der Waals surface area contributed by atoms with E-state index in [1.54, 1.807) is 48.5 Å². The quantitative estimate of drug-likeness (QED) is 0.143. The van der Waals surface area contributed by atoms with Crippen LogP contribution in [0.2, 0.25) is 0 Å². The van der Waals surface area contributed by atoms with Crippen LogP contribution in [0.25, 0.3) is 11.3 Å². The number of rotatable bonds is 12. The highest BCUT2D eigenvalue weighted by atomic mass is 32.2. The summed E-state index contributed by atoms with van der Waals surface area (Å²) in [5.74, 6) is -0.665. The van der Waals surface area contributed by atoms with Crippen LogP contribution in [0.5, 0.6) is 0 Å². The standard InChI is InChI=1S/C33H31N4O6PS/c1-24-12-14-27(15-13-24)30-20-35-32(34)31(37-30)33(38)36-28-16-18-29(19-17-28)45(40,41)23-44(39,42-21-25-8-4-2-5-9-25)43-22-26-10-6-3-7-11-26/h2-20H,21-23H2,1H3,(H2,34,35)(H,36,38). The van der Waals surface area contributed by atoms with Crippen molar-refractivity contribution in [2.45, 2.75) is 25.0 Å². The van der Waals surface area contributed by atoms with E-state index in [-0.39, 0.29) is 29.6 Å². The number of amides is 1. The second-order valence-corrected chi connectivity index (χ2v) is 14.7. The lowest BCUT2D eigenvalue weighted by atomic mass is 10.1. The van der Waals surface area contributed by atoms with Crippen molar-refractivity contribution in [2.24, 2.45) is 0 Å². The van der Waals surface area contributed by atoms with Gasteiger partial charge in [0.25, 0.3) is 5.91 Å². The van der Waals surface area contributed by atoms with Crippen molar-refractivity contribution in [3.63, 3.8) is 0 Å². The molecular formula is C33H31N4O6PS. The van der Waals surface area contributed by atoms with Gasteiger partial charge in [0, 0.05) is 11.3 Å². The summed E-state index contributed by atoms with van der Waals surface area (Å²) in [6.07, 6.45) is 1.49. The molecule has 12 heteroatoms. The SMILES string of the molecule is Cc1ccc(-c2cnc(N)c(C(=O)Nc3ccc(S(=O)(=O)CP(=O)(OCc4ccccc4)OCc4ccccc4)cc3)n2)cc1. The van der Waals surface area contributed by atoms with Gasteiger partial charge in [0.2, 0.25) is 0 Å². The molecule has 1 aromatic heterocycles. The number of carbonyl (C=O) groups excluding carboxylic acids is 1. The average Bonchev–Trinajstić information content (AvgIpc) is 3.05. The number of hydrogen-bond donors (Lipinski definition) is 2. The number of nitrogens with one attached hydrogen (secondary N) is 1. The number of hydrogen-bond acceptors (Lipinski definition) is 9. The van der Waals surface area contributed by atoms with Crippen molar-refractivity contribution in [3.8, 4) is 11.3 Å². The van der Waals surface area contributed by atoms with E-state index in [1.165, 1.54) is 30.5 Å². The molecule has 0 saturated carbocycles. The van der Waals surface area contributed by atoms with Crippen LogP contribution in [-0.4, -0.2) is 29.8 Å². The Labute approximate surface area is 261 Å². The molecule has 10 nitrogen and oxygen atoms in total. The molecule has 4 aromatic carbocycles. The number of benzene rings is 4. The first-order valence-electron chi connectivity index (χ1n) is 13.9. The Morgan fingerprint density at radius 2 is 1.38 bits per heavy atom. The number of aryl methyl sites for hydroxylation is 1. The maximum absolute atomic E-state index is 13.8. The molecule has 45 heavy (non-hydrogen) atoms. The molecule has 0 unspecified atom stereocenters. The molecule has 0 aliphatic carbocycles. The summed E-state index contributed by atoms with van der Waals surface area (Å²) < 4.78 is 51.9. The summed E-state index contributed by atoms with van der Waals surface area (Å²) in [5, 5.41) is 2.67. The normalized spacial score (nSPS) is 11.7. The molecule has 0 atom stereocenters. The Morgan fingerprint density at radius 1 is 0.822 bits per heavy atom. The van der Waals surface area contributed by atoms with Gasteiger partial charge in [-0.2, -0.15) is 0 Å². The lowest BCUT2D eigenvalue weighted by molar-refractivity contribution is 0.102. The number of anilines is 2. The predicted octanol–water partition coefficient (Wildman–Crippen LogP) is 6.64. The highest BCUT2D eigenvalue weighted by Crippen LogP contribution is 2.51. The fraction of sp³-hybridized carbons (Fsp3) is 0.121. The first-order chi connectivity index (χ1) is 21.6. The van der Waals surface area contributed by atoms with Gasteiger partial charge in [-0.05, 0) is 42.3 Å². The third-order valence-electron chi connectivity index (χ3n) is 6.70. The van der Waals surface area contributed by atoms with Gasteiger partial charge in [-0.1, -0.05) is 90.5 Å². The van der Waals surface area contributed by atoms with Gasteiger partial charge in [-0.25, -0.2) is 18.4 Å². The van der Waals surface area contributed by atoms with Gasteiger partial charge < -0.3 is 20.1 Å². The molecule has 0 bridgehead atoms. The smallest absolute Gasteiger partial charge is 0.346 e. The molecule has 1 heterocycles. The van der Waals surface area contributed by atoms with E-state index in [0.717, 1.165) is 11.1 Å². The summed E-state index contributed by atoms with van der Waals surface area (Å²) in [4.78, 5) is 21.4. The Kier molecular flexibility index (Phi) is 9.85. The summed E-state index contributed by atoms with van der Waals surface area (Å²) in [6.45, 7) is 1.78. The van der Waals surface area contributed by atoms with Crippen molar-refractivity contribution in [1.82, 2.24) is 9.97 Å². The van der Waals surface area contributed by atoms with Gasteiger partial charge in [0.05, 0.1) is 30.0 Å². The number of nitrogens with zero attached hydrogens (tertiary/aromatic N) is 2. The number of aromatic nitrogens is 2. The molecule has 1 amide bonds. The lowest BCUT2D eigenvalue weighted by Gasteiger charge is -2.19. The fourth-order valence-corrected chi connectivity index (χ4v) is 8.43. The Balaban J connectivity index is 1.30. The number of nitrogen functional groups attached to an aromatic ring is 1. The van der Waals surface area contributed by atoms with Crippen molar-refractivity contribution >= 4 is 34.8 Å². The van der Waals surface area contributed by atoms with E-state index < -0.39 is 28.8 Å². The Morgan fingerprint density at radius 3 is 1.93 bits per heavy atom. The zero-order chi connectivity index (χ0) is 31.9. The third kappa shape index (κ3) is 8.49. The number of carbonyl (C=O) groups is 1. The molecule has 0 saturated heterocycles. The average molecular weight is 643 g/mol. The van der Waals surface area contributed by atoms with Crippen molar-refractivity contribution in [1.29, 1.82) is 0 Å². The van der Waals surface area contributed by atoms with Gasteiger partial charge in [0.1, 0.15) is 0 Å². The van der Waals surface area contributed by atoms with Crippen LogP contribution in [0.4, 0.5) is 11.5 Å². The van der Waals surface area contributed by atoms with Crippen molar-refractivity contribution in [2.75, 3.05) is 16.5 Å². The molecule has 5 rings (SSSR count). The topological polar surface area (TPSA) is 151 Å². The zero-order valence-corrected chi connectivity index (χ0v) is 26.1. The van der Waals surface area contributed by atoms with Crippen LogP contribution in [0.15, 0.2) is 120 Å². The molecule has 0 aliphatic rings. The molecule has 3 N–H and O–H groups in total. The van der Waals surface area contributed by atoms with E-state index in [0.29, 0.717) is 22.5 Å². The van der Waals surface area contributed by atoms with E-state index in [9.17, 15) is 17.8 Å². The van der Waals surface area contributed by atoms with E-state index >= 15 is 0 Å². The van der Waals surface area contributed by atoms with Crippen LogP contribution in [0.3, 0.4) is 0 Å². The largest absolute Gasteiger partial charge is 0.382 e. The van der Waals surface area contributed by atoms with Crippen LogP contribution in [0, 0.1) is 6.92 Å². The zero-order valence-electron chi connectivity index (χ0n) is 24.4. The van der Waals surface area contributed by atoms with Crippen LogP contribution in [0.1, 0.15) is 27.2 Å². The fourth-order valence-electron chi connectivity index (χ4n) is 4.25. The highest BCUT2D eigenvalue weighted by molar-refractivity contribution is 7.97. The second kappa shape index (κ2) is 14.0. The summed E-state index contributed by atoms with van der Waals surface area (Å²) in [7, 11) is -8.28. The minimum atomic E-state index is -4.14. The first kappa shape index (κ1) is 31.7. The maximum atomic E-state index is 13.8. The summed E-state index contributed by atoms with van der Waals surface area (Å²) in [6, 6.07) is 31.0.